The largest absolute Gasteiger partial charge is 0.497 e. The van der Waals surface area contributed by atoms with Crippen LogP contribution in [0.15, 0.2) is 29.2 Å². The second-order valence-electron chi connectivity index (χ2n) is 4.76. The quantitative estimate of drug-likeness (QED) is 0.666. The van der Waals surface area contributed by atoms with Crippen molar-refractivity contribution in [2.45, 2.75) is 11.0 Å². The maximum Gasteiger partial charge on any atom is 0.230 e. The van der Waals surface area contributed by atoms with Gasteiger partial charge < -0.3 is 20.5 Å². The predicted molar refractivity (Wildman–Crippen MR) is 79.1 cm³/mol. The van der Waals surface area contributed by atoms with E-state index in [4.69, 9.17) is 4.74 Å². The van der Waals surface area contributed by atoms with Crippen LogP contribution < -0.4 is 15.4 Å². The summed E-state index contributed by atoms with van der Waals surface area (Å²) in [5.74, 6) is 1.25. The molecule has 0 bridgehead atoms. The van der Waals surface area contributed by atoms with Gasteiger partial charge in [0.2, 0.25) is 5.91 Å². The highest BCUT2D eigenvalue weighted by Gasteiger charge is 2.24. The van der Waals surface area contributed by atoms with E-state index in [1.807, 2.05) is 24.3 Å². The van der Waals surface area contributed by atoms with Gasteiger partial charge in [0.25, 0.3) is 0 Å². The van der Waals surface area contributed by atoms with Gasteiger partial charge in [-0.2, -0.15) is 0 Å². The topological polar surface area (TPSA) is 70.6 Å². The summed E-state index contributed by atoms with van der Waals surface area (Å²) < 4.78 is 5.14. The maximum absolute atomic E-state index is 11.8. The van der Waals surface area contributed by atoms with Crippen LogP contribution in [0, 0.1) is 5.92 Å². The van der Waals surface area contributed by atoms with E-state index in [1.54, 1.807) is 7.11 Å². The number of rotatable bonds is 6. The Morgan fingerprint density at radius 2 is 2.40 bits per heavy atom. The van der Waals surface area contributed by atoms with E-state index in [0.717, 1.165) is 17.2 Å². The van der Waals surface area contributed by atoms with Crippen molar-refractivity contribution in [2.24, 2.45) is 5.92 Å². The van der Waals surface area contributed by atoms with Gasteiger partial charge in [-0.3, -0.25) is 4.79 Å². The SMILES string of the molecule is COc1cccc(SCC(=O)NCC2CNCC2O)c1. The number of ether oxygens (including phenoxy) is 1. The Morgan fingerprint density at radius 1 is 1.55 bits per heavy atom. The van der Waals surface area contributed by atoms with Gasteiger partial charge in [0.1, 0.15) is 5.75 Å². The molecule has 0 aliphatic carbocycles. The fourth-order valence-corrected chi connectivity index (χ4v) is 2.84. The number of methoxy groups -OCH3 is 1. The molecule has 2 atom stereocenters. The molecular formula is C14H20N2O3S. The van der Waals surface area contributed by atoms with Crippen LogP contribution in [0.1, 0.15) is 0 Å². The number of carbonyl (C=O) groups is 1. The molecule has 1 fully saturated rings. The molecule has 2 rings (SSSR count). The number of aliphatic hydroxyl groups is 1. The van der Waals surface area contributed by atoms with Crippen molar-refractivity contribution in [3.63, 3.8) is 0 Å². The summed E-state index contributed by atoms with van der Waals surface area (Å²) >= 11 is 1.47. The highest BCUT2D eigenvalue weighted by Crippen LogP contribution is 2.22. The van der Waals surface area contributed by atoms with Crippen LogP contribution >= 0.6 is 11.8 Å². The molecule has 2 unspecified atom stereocenters. The van der Waals surface area contributed by atoms with Gasteiger partial charge in [-0.1, -0.05) is 6.07 Å². The number of hydrogen-bond acceptors (Lipinski definition) is 5. The first-order valence-electron chi connectivity index (χ1n) is 6.61. The molecule has 0 aromatic heterocycles. The maximum atomic E-state index is 11.8. The van der Waals surface area contributed by atoms with E-state index in [2.05, 4.69) is 10.6 Å². The zero-order valence-corrected chi connectivity index (χ0v) is 12.3. The van der Waals surface area contributed by atoms with Gasteiger partial charge in [0.05, 0.1) is 19.0 Å². The molecule has 0 radical (unpaired) electrons. The second kappa shape index (κ2) is 7.52. The number of β-amino-alcohol motifs (C(OH)–C–C–N with tert-alkyl or cyclic N) is 1. The molecule has 1 aliphatic rings. The number of nitrogens with one attached hydrogen (secondary N) is 2. The summed E-state index contributed by atoms with van der Waals surface area (Å²) in [6.07, 6.45) is -0.360. The zero-order valence-electron chi connectivity index (χ0n) is 11.5. The molecule has 20 heavy (non-hydrogen) atoms. The smallest absolute Gasteiger partial charge is 0.230 e. The minimum absolute atomic E-state index is 0.0167. The Balaban J connectivity index is 1.71. The van der Waals surface area contributed by atoms with Gasteiger partial charge in [0.15, 0.2) is 0 Å². The lowest BCUT2D eigenvalue weighted by atomic mass is 10.1. The Kier molecular flexibility index (Phi) is 5.70. The first-order valence-corrected chi connectivity index (χ1v) is 7.60. The first-order chi connectivity index (χ1) is 9.69. The van der Waals surface area contributed by atoms with Crippen molar-refractivity contribution in [2.75, 3.05) is 32.5 Å². The van der Waals surface area contributed by atoms with E-state index < -0.39 is 0 Å². The lowest BCUT2D eigenvalue weighted by Crippen LogP contribution is -2.35. The Morgan fingerprint density at radius 3 is 3.10 bits per heavy atom. The molecule has 1 heterocycles. The number of benzene rings is 1. The van der Waals surface area contributed by atoms with Crippen molar-refractivity contribution in [3.8, 4) is 5.75 Å². The summed E-state index contributed by atoms with van der Waals surface area (Å²) in [5.41, 5.74) is 0. The Labute approximate surface area is 123 Å². The summed E-state index contributed by atoms with van der Waals surface area (Å²) in [7, 11) is 1.62. The highest BCUT2D eigenvalue weighted by molar-refractivity contribution is 8.00. The van der Waals surface area contributed by atoms with Crippen molar-refractivity contribution in [3.05, 3.63) is 24.3 Å². The van der Waals surface area contributed by atoms with E-state index >= 15 is 0 Å². The molecule has 110 valence electrons. The number of carbonyl (C=O) groups excluding carboxylic acids is 1. The average Bonchev–Trinajstić information content (AvgIpc) is 2.88. The van der Waals surface area contributed by atoms with E-state index in [9.17, 15) is 9.90 Å². The molecule has 1 aromatic carbocycles. The number of amides is 1. The van der Waals surface area contributed by atoms with Crippen LogP contribution in [0.3, 0.4) is 0 Å². The predicted octanol–water partition coefficient (Wildman–Crippen LogP) is 0.484. The van der Waals surface area contributed by atoms with Crippen LogP contribution in [-0.4, -0.2) is 49.6 Å². The Bertz CT molecular complexity index is 456. The minimum Gasteiger partial charge on any atom is -0.497 e. The number of aliphatic hydroxyl groups excluding tert-OH is 1. The molecule has 1 aromatic rings. The monoisotopic (exact) mass is 296 g/mol. The summed E-state index contributed by atoms with van der Waals surface area (Å²) in [6, 6.07) is 7.63. The molecule has 0 saturated carbocycles. The minimum atomic E-state index is -0.360. The van der Waals surface area contributed by atoms with Gasteiger partial charge in [-0.05, 0) is 18.2 Å². The molecule has 3 N–H and O–H groups in total. The lowest BCUT2D eigenvalue weighted by molar-refractivity contribution is -0.118. The van der Waals surface area contributed by atoms with Crippen molar-refractivity contribution < 1.29 is 14.6 Å². The number of thioether (sulfide) groups is 1. The molecule has 6 heteroatoms. The molecule has 0 spiro atoms. The third-order valence-corrected chi connectivity index (χ3v) is 4.27. The van der Waals surface area contributed by atoms with Gasteiger partial charge in [0, 0.05) is 30.4 Å². The standard InChI is InChI=1S/C14H20N2O3S/c1-19-11-3-2-4-12(5-11)20-9-14(18)16-7-10-6-15-8-13(10)17/h2-5,10,13,15,17H,6-9H2,1H3,(H,16,18). The van der Waals surface area contributed by atoms with Gasteiger partial charge in [-0.25, -0.2) is 0 Å². The van der Waals surface area contributed by atoms with E-state index in [0.29, 0.717) is 18.8 Å². The average molecular weight is 296 g/mol. The fraction of sp³-hybridized carbons (Fsp3) is 0.500. The first kappa shape index (κ1) is 15.2. The number of hydrogen-bond donors (Lipinski definition) is 3. The van der Waals surface area contributed by atoms with E-state index in [-0.39, 0.29) is 17.9 Å². The highest BCUT2D eigenvalue weighted by atomic mass is 32.2. The molecule has 5 nitrogen and oxygen atoms in total. The van der Waals surface area contributed by atoms with Crippen LogP contribution in [0.2, 0.25) is 0 Å². The van der Waals surface area contributed by atoms with Crippen LogP contribution in [0.5, 0.6) is 5.75 Å². The van der Waals surface area contributed by atoms with Crippen LogP contribution in [-0.2, 0) is 4.79 Å². The van der Waals surface area contributed by atoms with Gasteiger partial charge in [-0.15, -0.1) is 11.8 Å². The van der Waals surface area contributed by atoms with Crippen LogP contribution in [0.25, 0.3) is 0 Å². The summed E-state index contributed by atoms with van der Waals surface area (Å²) in [4.78, 5) is 12.8. The Hall–Kier alpha value is -1.24. The zero-order chi connectivity index (χ0) is 14.4. The lowest BCUT2D eigenvalue weighted by Gasteiger charge is -2.14. The third-order valence-electron chi connectivity index (χ3n) is 3.28. The molecular weight excluding hydrogens is 276 g/mol. The molecule has 1 saturated heterocycles. The molecule has 1 aliphatic heterocycles. The fourth-order valence-electron chi connectivity index (χ4n) is 2.06. The second-order valence-corrected chi connectivity index (χ2v) is 5.81. The van der Waals surface area contributed by atoms with Gasteiger partial charge >= 0.3 is 0 Å². The van der Waals surface area contributed by atoms with E-state index in [1.165, 1.54) is 11.8 Å². The third kappa shape index (κ3) is 4.40. The van der Waals surface area contributed by atoms with Crippen molar-refractivity contribution in [1.82, 2.24) is 10.6 Å². The molecule has 1 amide bonds. The summed E-state index contributed by atoms with van der Waals surface area (Å²) in [5, 5.41) is 15.6. The van der Waals surface area contributed by atoms with Crippen molar-refractivity contribution >= 4 is 17.7 Å². The summed E-state index contributed by atoms with van der Waals surface area (Å²) in [6.45, 7) is 1.88. The van der Waals surface area contributed by atoms with Crippen molar-refractivity contribution in [1.29, 1.82) is 0 Å². The van der Waals surface area contributed by atoms with Crippen LogP contribution in [0.4, 0.5) is 0 Å². The normalized spacial score (nSPS) is 21.7.